The molecule has 3 rings (SSSR count). The number of carbonyl (C=O) groups excluding carboxylic acids is 1. The highest BCUT2D eigenvalue weighted by molar-refractivity contribution is 5.79. The third kappa shape index (κ3) is 3.31. The molecule has 1 aromatic heterocycles. The number of amides is 1. The van der Waals surface area contributed by atoms with Crippen molar-refractivity contribution in [3.8, 4) is 5.69 Å². The van der Waals surface area contributed by atoms with E-state index in [4.69, 9.17) is 0 Å². The largest absolute Gasteiger partial charge is 0.345 e. The fourth-order valence-electron chi connectivity index (χ4n) is 3.20. The molecule has 1 fully saturated rings. The highest BCUT2D eigenvalue weighted by Crippen LogP contribution is 2.27. The summed E-state index contributed by atoms with van der Waals surface area (Å²) in [6, 6.07) is 10.1. The molecule has 0 saturated heterocycles. The molecule has 1 saturated carbocycles. The van der Waals surface area contributed by atoms with E-state index in [0.717, 1.165) is 29.2 Å². The molecule has 2 aromatic rings. The van der Waals surface area contributed by atoms with Gasteiger partial charge in [0, 0.05) is 24.8 Å². The first-order valence-corrected chi connectivity index (χ1v) is 8.40. The number of hydrogen-bond donors (Lipinski definition) is 0. The highest BCUT2D eigenvalue weighted by Gasteiger charge is 2.23. The molecule has 1 aliphatic carbocycles. The fraction of sp³-hybridized carbons (Fsp3) is 0.474. The number of aromatic nitrogens is 2. The van der Waals surface area contributed by atoms with Crippen LogP contribution in [-0.2, 0) is 11.2 Å². The van der Waals surface area contributed by atoms with E-state index in [1.54, 1.807) is 0 Å². The van der Waals surface area contributed by atoms with Gasteiger partial charge in [0.05, 0.1) is 17.8 Å². The average molecular weight is 311 g/mol. The molecule has 1 heterocycles. The van der Waals surface area contributed by atoms with Gasteiger partial charge in [0.15, 0.2) is 0 Å². The SMILES string of the molecule is Cc1nn(-c2ccccc2)c(C)c1CC(=O)N(C)CC1CCC1. The van der Waals surface area contributed by atoms with Crippen molar-refractivity contribution in [1.29, 1.82) is 0 Å². The summed E-state index contributed by atoms with van der Waals surface area (Å²) in [5.41, 5.74) is 4.09. The summed E-state index contributed by atoms with van der Waals surface area (Å²) in [4.78, 5) is 14.4. The van der Waals surface area contributed by atoms with Gasteiger partial charge in [-0.2, -0.15) is 5.10 Å². The van der Waals surface area contributed by atoms with E-state index >= 15 is 0 Å². The van der Waals surface area contributed by atoms with E-state index in [-0.39, 0.29) is 5.91 Å². The summed E-state index contributed by atoms with van der Waals surface area (Å²) < 4.78 is 1.93. The third-order valence-electron chi connectivity index (χ3n) is 4.95. The first-order valence-electron chi connectivity index (χ1n) is 8.40. The topological polar surface area (TPSA) is 38.1 Å². The first kappa shape index (κ1) is 15.8. The number of nitrogens with zero attached hydrogens (tertiary/aromatic N) is 3. The van der Waals surface area contributed by atoms with Crippen molar-refractivity contribution in [3.05, 3.63) is 47.3 Å². The van der Waals surface area contributed by atoms with Gasteiger partial charge in [-0.1, -0.05) is 24.6 Å². The Bertz CT molecular complexity index is 686. The van der Waals surface area contributed by atoms with Gasteiger partial charge in [0.25, 0.3) is 0 Å². The molecule has 1 aromatic carbocycles. The number of likely N-dealkylation sites (N-methyl/N-ethyl adjacent to an activating group) is 1. The van der Waals surface area contributed by atoms with Crippen molar-refractivity contribution in [2.24, 2.45) is 5.92 Å². The highest BCUT2D eigenvalue weighted by atomic mass is 16.2. The standard InChI is InChI=1S/C19H25N3O/c1-14-18(12-19(23)21(3)13-16-8-7-9-16)15(2)22(20-14)17-10-5-4-6-11-17/h4-6,10-11,16H,7-9,12-13H2,1-3H3. The molecular formula is C19H25N3O. The summed E-state index contributed by atoms with van der Waals surface area (Å²) in [6.45, 7) is 4.92. The molecule has 4 nitrogen and oxygen atoms in total. The number of carbonyl (C=O) groups is 1. The molecule has 4 heteroatoms. The minimum atomic E-state index is 0.190. The van der Waals surface area contributed by atoms with Crippen LogP contribution in [0.15, 0.2) is 30.3 Å². The van der Waals surface area contributed by atoms with E-state index in [1.807, 2.05) is 60.8 Å². The molecule has 1 aliphatic rings. The minimum Gasteiger partial charge on any atom is -0.345 e. The number of para-hydroxylation sites is 1. The van der Waals surface area contributed by atoms with Crippen LogP contribution in [0.2, 0.25) is 0 Å². The van der Waals surface area contributed by atoms with Gasteiger partial charge >= 0.3 is 0 Å². The zero-order chi connectivity index (χ0) is 16.4. The smallest absolute Gasteiger partial charge is 0.226 e. The molecule has 0 aliphatic heterocycles. The summed E-state index contributed by atoms with van der Waals surface area (Å²) in [6.07, 6.45) is 4.28. The monoisotopic (exact) mass is 311 g/mol. The predicted octanol–water partition coefficient (Wildman–Crippen LogP) is 3.29. The lowest BCUT2D eigenvalue weighted by molar-refractivity contribution is -0.130. The third-order valence-corrected chi connectivity index (χ3v) is 4.95. The second-order valence-electron chi connectivity index (χ2n) is 6.64. The van der Waals surface area contributed by atoms with Gasteiger partial charge in [-0.25, -0.2) is 4.68 Å². The number of aryl methyl sites for hydroxylation is 1. The zero-order valence-corrected chi connectivity index (χ0v) is 14.2. The molecule has 0 radical (unpaired) electrons. The Morgan fingerprint density at radius 1 is 1.26 bits per heavy atom. The van der Waals surface area contributed by atoms with Gasteiger partial charge < -0.3 is 4.90 Å². The van der Waals surface area contributed by atoms with E-state index in [1.165, 1.54) is 19.3 Å². The Kier molecular flexibility index (Phi) is 4.51. The first-order chi connectivity index (χ1) is 11.1. The van der Waals surface area contributed by atoms with Crippen LogP contribution in [0.1, 0.15) is 36.2 Å². The summed E-state index contributed by atoms with van der Waals surface area (Å²) in [7, 11) is 1.92. The lowest BCUT2D eigenvalue weighted by atomic mass is 9.85. The van der Waals surface area contributed by atoms with Crippen LogP contribution in [0.5, 0.6) is 0 Å². The predicted molar refractivity (Wildman–Crippen MR) is 91.7 cm³/mol. The van der Waals surface area contributed by atoms with Crippen LogP contribution in [-0.4, -0.2) is 34.2 Å². The Balaban J connectivity index is 1.75. The molecule has 0 N–H and O–H groups in total. The van der Waals surface area contributed by atoms with Gasteiger partial charge in [0.1, 0.15) is 0 Å². The molecule has 0 atom stereocenters. The molecule has 23 heavy (non-hydrogen) atoms. The average Bonchev–Trinajstić information content (AvgIpc) is 2.79. The maximum absolute atomic E-state index is 12.5. The lowest BCUT2D eigenvalue weighted by Gasteiger charge is -2.30. The van der Waals surface area contributed by atoms with Crippen LogP contribution < -0.4 is 0 Å². The Hall–Kier alpha value is -2.10. The van der Waals surface area contributed by atoms with Crippen molar-refractivity contribution in [2.45, 2.75) is 39.5 Å². The van der Waals surface area contributed by atoms with Crippen molar-refractivity contribution in [2.75, 3.05) is 13.6 Å². The molecule has 122 valence electrons. The number of hydrogen-bond acceptors (Lipinski definition) is 2. The Morgan fingerprint density at radius 3 is 2.57 bits per heavy atom. The zero-order valence-electron chi connectivity index (χ0n) is 14.2. The van der Waals surface area contributed by atoms with Crippen molar-refractivity contribution >= 4 is 5.91 Å². The fourth-order valence-corrected chi connectivity index (χ4v) is 3.20. The van der Waals surface area contributed by atoms with Gasteiger partial charge in [-0.15, -0.1) is 0 Å². The molecule has 0 spiro atoms. The quantitative estimate of drug-likeness (QED) is 0.850. The molecule has 0 bridgehead atoms. The maximum atomic E-state index is 12.5. The van der Waals surface area contributed by atoms with Gasteiger partial charge in [-0.05, 0) is 44.7 Å². The maximum Gasteiger partial charge on any atom is 0.226 e. The van der Waals surface area contributed by atoms with Crippen molar-refractivity contribution < 1.29 is 4.79 Å². The van der Waals surface area contributed by atoms with Gasteiger partial charge in [-0.3, -0.25) is 4.79 Å². The summed E-state index contributed by atoms with van der Waals surface area (Å²) in [5.74, 6) is 0.897. The van der Waals surface area contributed by atoms with Gasteiger partial charge in [0.2, 0.25) is 5.91 Å². The van der Waals surface area contributed by atoms with Crippen LogP contribution in [0.25, 0.3) is 5.69 Å². The second kappa shape index (κ2) is 6.57. The van der Waals surface area contributed by atoms with Crippen LogP contribution in [0.3, 0.4) is 0 Å². The van der Waals surface area contributed by atoms with Crippen LogP contribution in [0, 0.1) is 19.8 Å². The van der Waals surface area contributed by atoms with Crippen LogP contribution >= 0.6 is 0 Å². The van der Waals surface area contributed by atoms with E-state index in [9.17, 15) is 4.79 Å². The van der Waals surface area contributed by atoms with E-state index in [0.29, 0.717) is 12.3 Å². The van der Waals surface area contributed by atoms with Crippen molar-refractivity contribution in [3.63, 3.8) is 0 Å². The van der Waals surface area contributed by atoms with Crippen LogP contribution in [0.4, 0.5) is 0 Å². The second-order valence-corrected chi connectivity index (χ2v) is 6.64. The minimum absolute atomic E-state index is 0.190. The Labute approximate surface area is 138 Å². The van der Waals surface area contributed by atoms with E-state index < -0.39 is 0 Å². The molecular weight excluding hydrogens is 286 g/mol. The Morgan fingerprint density at radius 2 is 1.96 bits per heavy atom. The summed E-state index contributed by atoms with van der Waals surface area (Å²) >= 11 is 0. The number of benzene rings is 1. The number of rotatable bonds is 5. The summed E-state index contributed by atoms with van der Waals surface area (Å²) in [5, 5.41) is 4.63. The molecule has 1 amide bonds. The lowest BCUT2D eigenvalue weighted by Crippen LogP contribution is -2.35. The van der Waals surface area contributed by atoms with E-state index in [2.05, 4.69) is 5.10 Å². The molecule has 0 unspecified atom stereocenters. The van der Waals surface area contributed by atoms with Crippen molar-refractivity contribution in [1.82, 2.24) is 14.7 Å². The normalized spacial score (nSPS) is 14.6.